The van der Waals surface area contributed by atoms with Crippen LogP contribution in [0.1, 0.15) is 38.9 Å². The highest BCUT2D eigenvalue weighted by Crippen LogP contribution is 2.35. The third-order valence-corrected chi connectivity index (χ3v) is 3.25. The summed E-state index contributed by atoms with van der Waals surface area (Å²) in [4.78, 5) is 26.3. The molecule has 5 nitrogen and oxygen atoms in total. The van der Waals surface area contributed by atoms with Crippen molar-refractivity contribution in [1.82, 2.24) is 4.98 Å². The normalized spacial score (nSPS) is 10.6. The smallest absolute Gasteiger partial charge is 0.355 e. The number of hydrogen-bond acceptors (Lipinski definition) is 4. The van der Waals surface area contributed by atoms with Gasteiger partial charge in [-0.05, 0) is 31.9 Å². The molecule has 0 unspecified atom stereocenters. The molecule has 1 heterocycles. The van der Waals surface area contributed by atoms with E-state index in [2.05, 4.69) is 4.98 Å². The number of H-pyrrole nitrogens is 1. The Labute approximate surface area is 116 Å². The number of methoxy groups -OCH3 is 1. The Balaban J connectivity index is 2.84. The average Bonchev–Trinajstić information content (AvgIpc) is 2.79. The Morgan fingerprint density at radius 2 is 2.05 bits per heavy atom. The third kappa shape index (κ3) is 2.05. The minimum absolute atomic E-state index is 0.170. The van der Waals surface area contributed by atoms with E-state index in [0.29, 0.717) is 17.4 Å². The van der Waals surface area contributed by atoms with Crippen molar-refractivity contribution in [3.63, 3.8) is 0 Å². The molecule has 0 fully saturated rings. The van der Waals surface area contributed by atoms with E-state index in [1.54, 1.807) is 14.0 Å². The number of aryl methyl sites for hydroxylation is 2. The lowest BCUT2D eigenvalue weighted by atomic mass is 10.0. The molecule has 5 heteroatoms. The van der Waals surface area contributed by atoms with Gasteiger partial charge in [0.05, 0.1) is 30.2 Å². The fraction of sp³-hybridized carbons (Fsp3) is 0.333. The molecule has 0 saturated carbocycles. The number of nitrogens with one attached hydrogen (secondary N) is 1. The summed E-state index contributed by atoms with van der Waals surface area (Å²) in [6.07, 6.45) is 0.659. The first-order chi connectivity index (χ1) is 9.54. The molecular weight excluding hydrogens is 258 g/mol. The van der Waals surface area contributed by atoms with E-state index in [9.17, 15) is 9.59 Å². The summed E-state index contributed by atoms with van der Waals surface area (Å²) in [5.74, 6) is 0.0596. The standard InChI is InChI=1S/C15H17NO4/c1-5-20-15(18)13-10(7-17)11-12(16-13)8(2)6-9(3)14(11)19-4/h6-7,16H,5H2,1-4H3. The quantitative estimate of drug-likeness (QED) is 0.688. The van der Waals surface area contributed by atoms with E-state index < -0.39 is 5.97 Å². The first-order valence-electron chi connectivity index (χ1n) is 6.37. The molecule has 1 aromatic heterocycles. The molecule has 0 aliphatic rings. The van der Waals surface area contributed by atoms with Gasteiger partial charge in [0.25, 0.3) is 0 Å². The van der Waals surface area contributed by atoms with Crippen LogP contribution < -0.4 is 4.74 Å². The van der Waals surface area contributed by atoms with Crippen molar-refractivity contribution >= 4 is 23.2 Å². The van der Waals surface area contributed by atoms with Crippen molar-refractivity contribution in [2.24, 2.45) is 0 Å². The molecule has 0 saturated heterocycles. The van der Waals surface area contributed by atoms with Crippen LogP contribution in [-0.4, -0.2) is 31.0 Å². The number of fused-ring (bicyclic) bond motifs is 1. The predicted octanol–water partition coefficient (Wildman–Crippen LogP) is 2.78. The van der Waals surface area contributed by atoms with Gasteiger partial charge in [0.1, 0.15) is 11.4 Å². The molecule has 0 aliphatic heterocycles. The Morgan fingerprint density at radius 3 is 2.60 bits per heavy atom. The summed E-state index contributed by atoms with van der Waals surface area (Å²) in [6, 6.07) is 1.95. The van der Waals surface area contributed by atoms with Gasteiger partial charge in [0.15, 0.2) is 6.29 Å². The van der Waals surface area contributed by atoms with Gasteiger partial charge in [0.2, 0.25) is 0 Å². The van der Waals surface area contributed by atoms with Gasteiger partial charge in [0, 0.05) is 0 Å². The van der Waals surface area contributed by atoms with Crippen LogP contribution in [0.15, 0.2) is 6.07 Å². The van der Waals surface area contributed by atoms with E-state index in [0.717, 1.165) is 16.6 Å². The molecule has 20 heavy (non-hydrogen) atoms. The minimum Gasteiger partial charge on any atom is -0.496 e. The predicted molar refractivity (Wildman–Crippen MR) is 75.7 cm³/mol. The van der Waals surface area contributed by atoms with E-state index in [1.165, 1.54) is 0 Å². The van der Waals surface area contributed by atoms with Gasteiger partial charge >= 0.3 is 5.97 Å². The van der Waals surface area contributed by atoms with Crippen molar-refractivity contribution in [2.75, 3.05) is 13.7 Å². The number of aldehydes is 1. The van der Waals surface area contributed by atoms with Crippen LogP contribution in [-0.2, 0) is 4.74 Å². The molecule has 1 aromatic carbocycles. The topological polar surface area (TPSA) is 68.4 Å². The molecule has 106 valence electrons. The summed E-state index contributed by atoms with van der Waals surface area (Å²) in [5, 5.41) is 0.628. The number of aromatic nitrogens is 1. The van der Waals surface area contributed by atoms with Crippen molar-refractivity contribution in [2.45, 2.75) is 20.8 Å². The summed E-state index contributed by atoms with van der Waals surface area (Å²) >= 11 is 0. The van der Waals surface area contributed by atoms with Gasteiger partial charge < -0.3 is 14.5 Å². The molecule has 0 radical (unpaired) electrons. The number of esters is 1. The van der Waals surface area contributed by atoms with Crippen LogP contribution in [0.25, 0.3) is 10.9 Å². The maximum atomic E-state index is 11.9. The number of carbonyl (C=O) groups is 2. The number of ether oxygens (including phenoxy) is 2. The SMILES string of the molecule is CCOC(=O)c1[nH]c2c(C)cc(C)c(OC)c2c1C=O. The lowest BCUT2D eigenvalue weighted by molar-refractivity contribution is 0.0518. The lowest BCUT2D eigenvalue weighted by Crippen LogP contribution is -2.07. The molecule has 0 bridgehead atoms. The molecule has 0 atom stereocenters. The van der Waals surface area contributed by atoms with Gasteiger partial charge in [-0.15, -0.1) is 0 Å². The fourth-order valence-electron chi connectivity index (χ4n) is 2.45. The lowest BCUT2D eigenvalue weighted by Gasteiger charge is -2.08. The third-order valence-electron chi connectivity index (χ3n) is 3.25. The fourth-order valence-corrected chi connectivity index (χ4v) is 2.45. The Kier molecular flexibility index (Phi) is 3.79. The largest absolute Gasteiger partial charge is 0.496 e. The molecule has 1 N–H and O–H groups in total. The Hall–Kier alpha value is -2.30. The second-order valence-corrected chi connectivity index (χ2v) is 4.55. The first kappa shape index (κ1) is 14.1. The molecule has 2 aromatic rings. The number of aromatic amines is 1. The van der Waals surface area contributed by atoms with Crippen LogP contribution >= 0.6 is 0 Å². The Morgan fingerprint density at radius 1 is 1.35 bits per heavy atom. The molecular formula is C15H17NO4. The molecule has 2 rings (SSSR count). The van der Waals surface area contributed by atoms with Crippen molar-refractivity contribution in [3.05, 3.63) is 28.5 Å². The van der Waals surface area contributed by atoms with E-state index in [4.69, 9.17) is 9.47 Å². The van der Waals surface area contributed by atoms with Gasteiger partial charge in [-0.3, -0.25) is 4.79 Å². The van der Waals surface area contributed by atoms with Crippen molar-refractivity contribution in [3.8, 4) is 5.75 Å². The summed E-state index contributed by atoms with van der Waals surface area (Å²) < 4.78 is 10.4. The maximum Gasteiger partial charge on any atom is 0.355 e. The highest BCUT2D eigenvalue weighted by atomic mass is 16.5. The minimum atomic E-state index is -0.537. The second-order valence-electron chi connectivity index (χ2n) is 4.55. The summed E-state index contributed by atoms with van der Waals surface area (Å²) in [6.45, 7) is 5.78. The van der Waals surface area contributed by atoms with Gasteiger partial charge in [-0.1, -0.05) is 6.07 Å². The molecule has 0 spiro atoms. The van der Waals surface area contributed by atoms with Gasteiger partial charge in [-0.2, -0.15) is 0 Å². The van der Waals surface area contributed by atoms with E-state index in [1.807, 2.05) is 19.9 Å². The van der Waals surface area contributed by atoms with Crippen LogP contribution in [0.4, 0.5) is 0 Å². The zero-order valence-corrected chi connectivity index (χ0v) is 12.0. The number of benzene rings is 1. The Bertz CT molecular complexity index is 685. The summed E-state index contributed by atoms with van der Waals surface area (Å²) in [5.41, 5.74) is 3.02. The average molecular weight is 275 g/mol. The molecule has 0 aliphatic carbocycles. The van der Waals surface area contributed by atoms with Crippen LogP contribution in [0.2, 0.25) is 0 Å². The van der Waals surface area contributed by atoms with E-state index in [-0.39, 0.29) is 17.9 Å². The molecule has 0 amide bonds. The second kappa shape index (κ2) is 5.36. The van der Waals surface area contributed by atoms with Crippen LogP contribution in [0.5, 0.6) is 5.75 Å². The van der Waals surface area contributed by atoms with Crippen LogP contribution in [0.3, 0.4) is 0 Å². The zero-order valence-electron chi connectivity index (χ0n) is 12.0. The summed E-state index contributed by atoms with van der Waals surface area (Å²) in [7, 11) is 1.54. The van der Waals surface area contributed by atoms with Crippen molar-refractivity contribution in [1.29, 1.82) is 0 Å². The monoisotopic (exact) mass is 275 g/mol. The van der Waals surface area contributed by atoms with E-state index >= 15 is 0 Å². The maximum absolute atomic E-state index is 11.9. The number of hydrogen-bond donors (Lipinski definition) is 1. The zero-order chi connectivity index (χ0) is 14.9. The highest BCUT2D eigenvalue weighted by Gasteiger charge is 2.23. The highest BCUT2D eigenvalue weighted by molar-refractivity contribution is 6.11. The number of carbonyl (C=O) groups excluding carboxylic acids is 2. The van der Waals surface area contributed by atoms with Gasteiger partial charge in [-0.25, -0.2) is 4.79 Å². The first-order valence-corrected chi connectivity index (χ1v) is 6.37. The number of rotatable bonds is 4. The van der Waals surface area contributed by atoms with Crippen LogP contribution in [0, 0.1) is 13.8 Å². The van der Waals surface area contributed by atoms with Crippen molar-refractivity contribution < 1.29 is 19.1 Å².